The third kappa shape index (κ3) is 3.00. The highest BCUT2D eigenvalue weighted by Crippen LogP contribution is 2.13. The number of carbonyl (C=O) groups excluding carboxylic acids is 1. The molecule has 0 saturated heterocycles. The average molecular weight is 238 g/mol. The molecule has 0 heterocycles. The first-order chi connectivity index (χ1) is 7.91. The second-order valence-corrected chi connectivity index (χ2v) is 3.88. The van der Waals surface area contributed by atoms with Crippen LogP contribution in [0.5, 0.6) is 0 Å². The fourth-order valence-electron chi connectivity index (χ4n) is 1.18. The Bertz CT molecular complexity index is 482. The Balaban J connectivity index is 2.99. The van der Waals surface area contributed by atoms with Crippen LogP contribution in [0.4, 0.5) is 8.78 Å². The maximum absolute atomic E-state index is 13.3. The predicted octanol–water partition coefficient (Wildman–Crippen LogP) is 2.39. The molecule has 1 unspecified atom stereocenters. The van der Waals surface area contributed by atoms with Gasteiger partial charge in [-0.15, -0.1) is 0 Å². The largest absolute Gasteiger partial charge is 0.334 e. The minimum Gasteiger partial charge on any atom is -0.334 e. The van der Waals surface area contributed by atoms with E-state index in [2.05, 4.69) is 5.32 Å². The van der Waals surface area contributed by atoms with Crippen LogP contribution in [-0.2, 0) is 0 Å². The molecule has 90 valence electrons. The number of nitriles is 1. The van der Waals surface area contributed by atoms with Gasteiger partial charge in [-0.05, 0) is 31.5 Å². The smallest absolute Gasteiger partial charge is 0.255 e. The molecule has 0 bridgehead atoms. The molecule has 0 spiro atoms. The van der Waals surface area contributed by atoms with Gasteiger partial charge in [0.2, 0.25) is 0 Å². The number of amides is 1. The molecule has 0 aliphatic carbocycles. The first-order valence-corrected chi connectivity index (χ1v) is 5.10. The molecule has 0 aliphatic rings. The number of hydrogen-bond donors (Lipinski definition) is 1. The summed E-state index contributed by atoms with van der Waals surface area (Å²) in [5, 5.41) is 11.2. The number of carbonyl (C=O) groups is 1. The Labute approximate surface area is 98.1 Å². The molecule has 3 nitrogen and oxygen atoms in total. The van der Waals surface area contributed by atoms with Crippen molar-refractivity contribution in [1.29, 1.82) is 5.26 Å². The minimum atomic E-state index is -1.09. The van der Waals surface area contributed by atoms with Gasteiger partial charge in [0.25, 0.3) is 5.91 Å². The summed E-state index contributed by atoms with van der Waals surface area (Å²) in [5.41, 5.74) is -1.49. The van der Waals surface area contributed by atoms with Crippen LogP contribution in [-0.4, -0.2) is 11.4 Å². The summed E-state index contributed by atoms with van der Waals surface area (Å²) in [6.07, 6.45) is 0.367. The highest BCUT2D eigenvalue weighted by Gasteiger charge is 2.25. The van der Waals surface area contributed by atoms with Crippen LogP contribution in [0.15, 0.2) is 18.2 Å². The lowest BCUT2D eigenvalue weighted by Crippen LogP contribution is -2.44. The van der Waals surface area contributed by atoms with Crippen LogP contribution in [0, 0.1) is 23.0 Å². The molecule has 0 radical (unpaired) electrons. The molecular formula is C12H12F2N2O. The van der Waals surface area contributed by atoms with Gasteiger partial charge >= 0.3 is 0 Å². The summed E-state index contributed by atoms with van der Waals surface area (Å²) in [7, 11) is 0. The van der Waals surface area contributed by atoms with Crippen molar-refractivity contribution < 1.29 is 13.6 Å². The standard InChI is InChI=1S/C12H12F2N2O/c1-3-12(2,7-15)16-11(17)9-6-8(13)4-5-10(9)14/h4-6H,3H2,1-2H3,(H,16,17). The van der Waals surface area contributed by atoms with E-state index in [1.807, 2.05) is 6.07 Å². The number of nitrogens with one attached hydrogen (secondary N) is 1. The summed E-state index contributed by atoms with van der Waals surface area (Å²) in [6, 6.07) is 4.52. The van der Waals surface area contributed by atoms with Gasteiger partial charge in [0, 0.05) is 0 Å². The minimum absolute atomic E-state index is 0.367. The lowest BCUT2D eigenvalue weighted by Gasteiger charge is -2.21. The second-order valence-electron chi connectivity index (χ2n) is 3.88. The van der Waals surface area contributed by atoms with Crippen molar-refractivity contribution in [2.24, 2.45) is 0 Å². The number of nitrogens with zero attached hydrogens (tertiary/aromatic N) is 1. The Kier molecular flexibility index (Phi) is 3.79. The van der Waals surface area contributed by atoms with Crippen molar-refractivity contribution in [2.75, 3.05) is 0 Å². The van der Waals surface area contributed by atoms with Gasteiger partial charge in [-0.25, -0.2) is 8.78 Å². The molecule has 1 amide bonds. The summed E-state index contributed by atoms with van der Waals surface area (Å²) in [4.78, 5) is 11.7. The number of rotatable bonds is 3. The Morgan fingerprint density at radius 2 is 2.18 bits per heavy atom. The fourth-order valence-corrected chi connectivity index (χ4v) is 1.18. The second kappa shape index (κ2) is 4.91. The van der Waals surface area contributed by atoms with Crippen LogP contribution in [0.2, 0.25) is 0 Å². The van der Waals surface area contributed by atoms with Gasteiger partial charge in [0.05, 0.1) is 11.6 Å². The van der Waals surface area contributed by atoms with Gasteiger partial charge in [-0.3, -0.25) is 4.79 Å². The lowest BCUT2D eigenvalue weighted by molar-refractivity contribution is 0.0918. The molecule has 1 rings (SSSR count). The van der Waals surface area contributed by atoms with E-state index in [0.29, 0.717) is 6.42 Å². The molecule has 1 N–H and O–H groups in total. The summed E-state index contributed by atoms with van der Waals surface area (Å²) >= 11 is 0. The first-order valence-electron chi connectivity index (χ1n) is 5.10. The predicted molar refractivity (Wildman–Crippen MR) is 58.1 cm³/mol. The van der Waals surface area contributed by atoms with Crippen molar-refractivity contribution in [1.82, 2.24) is 5.32 Å². The summed E-state index contributed by atoms with van der Waals surface area (Å²) < 4.78 is 26.2. The maximum Gasteiger partial charge on any atom is 0.255 e. The highest BCUT2D eigenvalue weighted by molar-refractivity contribution is 5.95. The SMILES string of the molecule is CCC(C)(C#N)NC(=O)c1cc(F)ccc1F. The van der Waals surface area contributed by atoms with Crippen LogP contribution >= 0.6 is 0 Å². The van der Waals surface area contributed by atoms with E-state index in [1.165, 1.54) is 6.92 Å². The van der Waals surface area contributed by atoms with Gasteiger partial charge < -0.3 is 5.32 Å². The molecule has 0 aromatic heterocycles. The van der Waals surface area contributed by atoms with Crippen molar-refractivity contribution in [3.8, 4) is 6.07 Å². The van der Waals surface area contributed by atoms with E-state index in [4.69, 9.17) is 5.26 Å². The Morgan fingerprint density at radius 1 is 1.53 bits per heavy atom. The third-order valence-corrected chi connectivity index (χ3v) is 2.52. The maximum atomic E-state index is 13.3. The van der Waals surface area contributed by atoms with E-state index in [-0.39, 0.29) is 0 Å². The van der Waals surface area contributed by atoms with Gasteiger partial charge in [0.1, 0.15) is 17.2 Å². The topological polar surface area (TPSA) is 52.9 Å². The normalized spacial score (nSPS) is 13.6. The van der Waals surface area contributed by atoms with Crippen molar-refractivity contribution in [2.45, 2.75) is 25.8 Å². The van der Waals surface area contributed by atoms with Crippen molar-refractivity contribution >= 4 is 5.91 Å². The van der Waals surface area contributed by atoms with E-state index < -0.39 is 28.6 Å². The van der Waals surface area contributed by atoms with Crippen molar-refractivity contribution in [3.63, 3.8) is 0 Å². The quantitative estimate of drug-likeness (QED) is 0.879. The summed E-state index contributed by atoms with van der Waals surface area (Å²) in [5.74, 6) is -2.32. The number of hydrogen-bond acceptors (Lipinski definition) is 2. The average Bonchev–Trinajstić information content (AvgIpc) is 2.32. The number of halogens is 2. The van der Waals surface area contributed by atoms with E-state index in [0.717, 1.165) is 18.2 Å². The van der Waals surface area contributed by atoms with E-state index in [9.17, 15) is 13.6 Å². The molecular weight excluding hydrogens is 226 g/mol. The molecule has 0 fully saturated rings. The van der Waals surface area contributed by atoms with Gasteiger partial charge in [-0.2, -0.15) is 5.26 Å². The zero-order valence-electron chi connectivity index (χ0n) is 9.55. The molecule has 5 heteroatoms. The van der Waals surface area contributed by atoms with Crippen LogP contribution in [0.3, 0.4) is 0 Å². The number of benzene rings is 1. The Hall–Kier alpha value is -1.96. The van der Waals surface area contributed by atoms with Gasteiger partial charge in [0.15, 0.2) is 0 Å². The lowest BCUT2D eigenvalue weighted by atomic mass is 10.0. The summed E-state index contributed by atoms with van der Waals surface area (Å²) in [6.45, 7) is 3.23. The van der Waals surface area contributed by atoms with Crippen LogP contribution in [0.25, 0.3) is 0 Å². The third-order valence-electron chi connectivity index (χ3n) is 2.52. The zero-order valence-corrected chi connectivity index (χ0v) is 9.55. The van der Waals surface area contributed by atoms with Crippen molar-refractivity contribution in [3.05, 3.63) is 35.4 Å². The molecule has 1 atom stereocenters. The molecule has 17 heavy (non-hydrogen) atoms. The van der Waals surface area contributed by atoms with Crippen LogP contribution < -0.4 is 5.32 Å². The molecule has 0 saturated carbocycles. The molecule has 0 aliphatic heterocycles. The first kappa shape index (κ1) is 13.1. The van der Waals surface area contributed by atoms with E-state index in [1.54, 1.807) is 6.92 Å². The van der Waals surface area contributed by atoms with Crippen LogP contribution in [0.1, 0.15) is 30.6 Å². The van der Waals surface area contributed by atoms with Gasteiger partial charge in [-0.1, -0.05) is 6.92 Å². The highest BCUT2D eigenvalue weighted by atomic mass is 19.1. The zero-order chi connectivity index (χ0) is 13.1. The Morgan fingerprint density at radius 3 is 2.71 bits per heavy atom. The van der Waals surface area contributed by atoms with E-state index >= 15 is 0 Å². The fraction of sp³-hybridized carbons (Fsp3) is 0.333. The monoisotopic (exact) mass is 238 g/mol. The molecule has 1 aromatic rings. The molecule has 1 aromatic carbocycles.